The Morgan fingerprint density at radius 2 is 2.05 bits per heavy atom. The summed E-state index contributed by atoms with van der Waals surface area (Å²) in [5.41, 5.74) is 4.35. The van der Waals surface area contributed by atoms with Crippen molar-refractivity contribution in [1.82, 2.24) is 4.98 Å². The number of aliphatic hydroxyl groups is 1. The molecule has 0 radical (unpaired) electrons. The number of nitrogens with zero attached hydrogens (tertiary/aromatic N) is 1. The Morgan fingerprint density at radius 1 is 1.41 bits per heavy atom. The maximum Gasteiger partial charge on any atom is 0.314 e. The first-order chi connectivity index (χ1) is 10.1. The summed E-state index contributed by atoms with van der Waals surface area (Å²) in [5.74, 6) is -1.64. The van der Waals surface area contributed by atoms with Gasteiger partial charge in [0.1, 0.15) is 17.0 Å². The van der Waals surface area contributed by atoms with Crippen molar-refractivity contribution in [3.63, 3.8) is 0 Å². The van der Waals surface area contributed by atoms with Crippen LogP contribution in [0.25, 0.3) is 11.1 Å². The monoisotopic (exact) mass is 306 g/mol. The average molecular weight is 306 g/mol. The fraction of sp³-hybridized carbons (Fsp3) is 0.500. The van der Waals surface area contributed by atoms with E-state index in [0.29, 0.717) is 17.5 Å². The summed E-state index contributed by atoms with van der Waals surface area (Å²) in [6.45, 7) is 7.01. The fourth-order valence-corrected chi connectivity index (χ4v) is 2.22. The Bertz CT molecular complexity index is 637. The average Bonchev–Trinajstić information content (AvgIpc) is 2.81. The maximum absolute atomic E-state index is 12.3. The van der Waals surface area contributed by atoms with E-state index < -0.39 is 23.2 Å². The number of hydrogen-bond acceptors (Lipinski definition) is 6. The van der Waals surface area contributed by atoms with Gasteiger partial charge in [-0.3, -0.25) is 10.5 Å². The van der Waals surface area contributed by atoms with Crippen molar-refractivity contribution in [2.24, 2.45) is 11.7 Å². The minimum absolute atomic E-state index is 0.0913. The van der Waals surface area contributed by atoms with E-state index in [2.05, 4.69) is 4.98 Å². The number of hydrogen-bond donors (Lipinski definition) is 2. The van der Waals surface area contributed by atoms with Crippen LogP contribution in [-0.2, 0) is 15.3 Å². The highest BCUT2D eigenvalue weighted by molar-refractivity contribution is 5.75. The summed E-state index contributed by atoms with van der Waals surface area (Å²) in [7, 11) is 0. The van der Waals surface area contributed by atoms with E-state index in [0.717, 1.165) is 0 Å². The largest absolute Gasteiger partial charge is 0.460 e. The predicted octanol–water partition coefficient (Wildman–Crippen LogP) is 2.30. The lowest BCUT2D eigenvalue weighted by Crippen LogP contribution is -2.49. The summed E-state index contributed by atoms with van der Waals surface area (Å²) in [6.07, 6.45) is 0.292. The second-order valence-electron chi connectivity index (χ2n) is 6.31. The van der Waals surface area contributed by atoms with Crippen LogP contribution in [0.2, 0.25) is 0 Å². The number of oxazole rings is 1. The van der Waals surface area contributed by atoms with Gasteiger partial charge in [0.2, 0.25) is 11.6 Å². The molecule has 0 saturated heterocycles. The van der Waals surface area contributed by atoms with Crippen LogP contribution in [0.5, 0.6) is 0 Å². The first kappa shape index (κ1) is 16.5. The molecule has 3 N–H and O–H groups in total. The van der Waals surface area contributed by atoms with E-state index in [4.69, 9.17) is 14.9 Å². The summed E-state index contributed by atoms with van der Waals surface area (Å²) in [5, 5.41) is 10.6. The molecule has 1 aromatic carbocycles. The highest BCUT2D eigenvalue weighted by Gasteiger charge is 2.44. The van der Waals surface area contributed by atoms with Crippen molar-refractivity contribution in [2.75, 3.05) is 0 Å². The van der Waals surface area contributed by atoms with E-state index >= 15 is 0 Å². The van der Waals surface area contributed by atoms with Gasteiger partial charge in [0, 0.05) is 0 Å². The van der Waals surface area contributed by atoms with Gasteiger partial charge in [-0.15, -0.1) is 0 Å². The molecule has 120 valence electrons. The van der Waals surface area contributed by atoms with Gasteiger partial charge < -0.3 is 14.3 Å². The number of para-hydroxylation sites is 2. The predicted molar refractivity (Wildman–Crippen MR) is 81.7 cm³/mol. The topological polar surface area (TPSA) is 98.6 Å². The molecule has 0 aliphatic heterocycles. The van der Waals surface area contributed by atoms with E-state index in [1.165, 1.54) is 0 Å². The van der Waals surface area contributed by atoms with Crippen LogP contribution < -0.4 is 5.73 Å². The minimum atomic E-state index is -2.03. The zero-order valence-corrected chi connectivity index (χ0v) is 13.3. The van der Waals surface area contributed by atoms with E-state index in [9.17, 15) is 9.90 Å². The summed E-state index contributed by atoms with van der Waals surface area (Å²) in [6, 6.07) is 7.05. The third-order valence-corrected chi connectivity index (χ3v) is 3.27. The molecular formula is C16H22N2O4. The summed E-state index contributed by atoms with van der Waals surface area (Å²) in [4.78, 5) is 16.5. The molecular weight excluding hydrogens is 284 g/mol. The molecule has 0 bridgehead atoms. The summed E-state index contributed by atoms with van der Waals surface area (Å²) < 4.78 is 10.8. The maximum atomic E-state index is 12.3. The minimum Gasteiger partial charge on any atom is -0.460 e. The number of ether oxygens (including phenoxy) is 1. The van der Waals surface area contributed by atoms with Gasteiger partial charge in [-0.05, 0) is 39.3 Å². The second-order valence-corrected chi connectivity index (χ2v) is 6.31. The van der Waals surface area contributed by atoms with Crippen LogP contribution in [-0.4, -0.2) is 21.7 Å². The number of carbonyl (C=O) groups is 1. The number of esters is 1. The Labute approximate surface area is 129 Å². The Morgan fingerprint density at radius 3 is 2.59 bits per heavy atom. The zero-order chi connectivity index (χ0) is 16.5. The third-order valence-electron chi connectivity index (χ3n) is 3.27. The number of benzene rings is 1. The molecule has 0 saturated carbocycles. The van der Waals surface area contributed by atoms with Gasteiger partial charge in [-0.2, -0.15) is 0 Å². The fourth-order valence-electron chi connectivity index (χ4n) is 2.22. The molecule has 22 heavy (non-hydrogen) atoms. The van der Waals surface area contributed by atoms with Gasteiger partial charge in [-0.1, -0.05) is 19.1 Å². The van der Waals surface area contributed by atoms with Crippen LogP contribution in [0.15, 0.2) is 28.7 Å². The molecule has 6 heteroatoms. The lowest BCUT2D eigenvalue weighted by molar-refractivity contribution is -0.172. The number of aromatic nitrogens is 1. The Balaban J connectivity index is 2.35. The number of fused-ring (bicyclic) bond motifs is 1. The number of rotatable bonds is 4. The lowest BCUT2D eigenvalue weighted by atomic mass is 9.93. The van der Waals surface area contributed by atoms with Crippen LogP contribution in [0.3, 0.4) is 0 Å². The molecule has 1 heterocycles. The van der Waals surface area contributed by atoms with Crippen molar-refractivity contribution in [2.45, 2.75) is 45.4 Å². The molecule has 0 fully saturated rings. The normalized spacial score (nSPS) is 16.3. The van der Waals surface area contributed by atoms with Crippen LogP contribution in [0.1, 0.15) is 40.0 Å². The molecule has 0 amide bonds. The molecule has 2 atom stereocenters. The highest BCUT2D eigenvalue weighted by Crippen LogP contribution is 2.31. The second kappa shape index (κ2) is 5.70. The van der Waals surface area contributed by atoms with Crippen molar-refractivity contribution >= 4 is 17.1 Å². The molecule has 1 unspecified atom stereocenters. The van der Waals surface area contributed by atoms with E-state index in [-0.39, 0.29) is 5.89 Å². The van der Waals surface area contributed by atoms with Gasteiger partial charge in [0.15, 0.2) is 5.58 Å². The number of nitrogens with two attached hydrogens (primary N) is 1. The van der Waals surface area contributed by atoms with Crippen molar-refractivity contribution in [3.8, 4) is 0 Å². The molecule has 2 aromatic rings. The molecule has 0 spiro atoms. The van der Waals surface area contributed by atoms with Crippen LogP contribution >= 0.6 is 0 Å². The van der Waals surface area contributed by atoms with Crippen molar-refractivity contribution < 1.29 is 19.1 Å². The van der Waals surface area contributed by atoms with Gasteiger partial charge in [-0.25, -0.2) is 4.98 Å². The lowest BCUT2D eigenvalue weighted by Gasteiger charge is -2.30. The first-order valence-electron chi connectivity index (χ1n) is 7.25. The van der Waals surface area contributed by atoms with Crippen LogP contribution in [0, 0.1) is 5.92 Å². The molecule has 0 aliphatic rings. The number of carbonyl (C=O) groups excluding carboxylic acids is 1. The molecule has 1 aromatic heterocycles. The van der Waals surface area contributed by atoms with Crippen LogP contribution in [0.4, 0.5) is 0 Å². The highest BCUT2D eigenvalue weighted by atomic mass is 16.6. The Hall–Kier alpha value is -1.92. The van der Waals surface area contributed by atoms with Gasteiger partial charge in [0.25, 0.3) is 0 Å². The van der Waals surface area contributed by atoms with Crippen molar-refractivity contribution in [1.29, 1.82) is 0 Å². The third kappa shape index (κ3) is 3.28. The first-order valence-corrected chi connectivity index (χ1v) is 7.25. The molecule has 0 aliphatic carbocycles. The quantitative estimate of drug-likeness (QED) is 0.664. The van der Waals surface area contributed by atoms with E-state index in [1.54, 1.807) is 52.0 Å². The summed E-state index contributed by atoms with van der Waals surface area (Å²) >= 11 is 0. The molecule has 2 rings (SSSR count). The SMILES string of the molecule is CCC(C(=O)OC(C)(C)C)[C@](N)(O)c1nc2ccccc2o1. The van der Waals surface area contributed by atoms with E-state index in [1.807, 2.05) is 0 Å². The van der Waals surface area contributed by atoms with Crippen molar-refractivity contribution in [3.05, 3.63) is 30.2 Å². The standard InChI is InChI=1S/C16H22N2O4/c1-5-10(13(19)22-15(2,3)4)16(17,20)14-18-11-8-6-7-9-12(11)21-14/h6-10,20H,5,17H2,1-4H3/t10?,16-/m0/s1. The van der Waals surface area contributed by atoms with Gasteiger partial charge in [0.05, 0.1) is 0 Å². The zero-order valence-electron chi connectivity index (χ0n) is 13.3. The molecule has 6 nitrogen and oxygen atoms in total. The smallest absolute Gasteiger partial charge is 0.314 e. The van der Waals surface area contributed by atoms with Gasteiger partial charge >= 0.3 is 5.97 Å². The Kier molecular flexibility index (Phi) is 4.26.